The van der Waals surface area contributed by atoms with Crippen molar-refractivity contribution >= 4 is 10.9 Å². The fourth-order valence-electron chi connectivity index (χ4n) is 3.08. The molecule has 116 valence electrons. The highest BCUT2D eigenvalue weighted by Gasteiger charge is 2.12. The van der Waals surface area contributed by atoms with Crippen LogP contribution in [0.2, 0.25) is 0 Å². The number of hydrogen-bond donors (Lipinski definition) is 1. The van der Waals surface area contributed by atoms with Crippen LogP contribution < -0.4 is 10.3 Å². The van der Waals surface area contributed by atoms with Crippen molar-refractivity contribution in [3.8, 4) is 5.75 Å². The van der Waals surface area contributed by atoms with Crippen LogP contribution in [0.4, 0.5) is 0 Å². The predicted octanol–water partition coefficient (Wildman–Crippen LogP) is 2.95. The summed E-state index contributed by atoms with van der Waals surface area (Å²) in [6.45, 7) is 2.75. The van der Waals surface area contributed by atoms with Crippen molar-refractivity contribution in [1.29, 1.82) is 0 Å². The van der Waals surface area contributed by atoms with Crippen LogP contribution in [0.15, 0.2) is 41.2 Å². The molecule has 0 saturated carbocycles. The lowest BCUT2D eigenvalue weighted by molar-refractivity contribution is 0.357. The normalized spacial score (nSPS) is 13.1. The van der Waals surface area contributed by atoms with Gasteiger partial charge < -0.3 is 9.72 Å². The number of fused-ring (bicyclic) bond motifs is 2. The van der Waals surface area contributed by atoms with Crippen molar-refractivity contribution in [2.45, 2.75) is 26.2 Å². The average Bonchev–Trinajstić information content (AvgIpc) is 3.01. The summed E-state index contributed by atoms with van der Waals surface area (Å²) >= 11 is 0. The Morgan fingerprint density at radius 1 is 1.17 bits per heavy atom. The average molecular weight is 306 g/mol. The van der Waals surface area contributed by atoms with Gasteiger partial charge in [0.05, 0.1) is 17.5 Å². The van der Waals surface area contributed by atoms with E-state index in [1.807, 2.05) is 31.2 Å². The van der Waals surface area contributed by atoms with Gasteiger partial charge in [-0.25, -0.2) is 4.98 Å². The zero-order chi connectivity index (χ0) is 15.8. The molecule has 1 aromatic heterocycles. The molecule has 0 aliphatic carbocycles. The maximum Gasteiger partial charge on any atom is 0.258 e. The number of aryl methyl sites for hydroxylation is 3. The van der Waals surface area contributed by atoms with Gasteiger partial charge in [0.25, 0.3) is 5.56 Å². The van der Waals surface area contributed by atoms with Gasteiger partial charge in [-0.15, -0.1) is 0 Å². The second-order valence-electron chi connectivity index (χ2n) is 6.07. The highest BCUT2D eigenvalue weighted by molar-refractivity contribution is 5.78. The second-order valence-corrected chi connectivity index (χ2v) is 6.07. The van der Waals surface area contributed by atoms with Crippen molar-refractivity contribution in [3.63, 3.8) is 0 Å². The van der Waals surface area contributed by atoms with Gasteiger partial charge in [0.15, 0.2) is 0 Å². The fourth-order valence-corrected chi connectivity index (χ4v) is 3.08. The highest BCUT2D eigenvalue weighted by Crippen LogP contribution is 2.26. The van der Waals surface area contributed by atoms with E-state index in [0.29, 0.717) is 5.39 Å². The molecule has 4 rings (SSSR count). The number of aromatic nitrogens is 2. The molecule has 0 atom stereocenters. The molecule has 3 aromatic rings. The lowest BCUT2D eigenvalue weighted by Crippen LogP contribution is -2.12. The molecule has 0 unspecified atom stereocenters. The van der Waals surface area contributed by atoms with E-state index in [9.17, 15) is 4.79 Å². The van der Waals surface area contributed by atoms with Gasteiger partial charge in [-0.3, -0.25) is 4.79 Å². The molecular weight excluding hydrogens is 288 g/mol. The van der Waals surface area contributed by atoms with Crippen LogP contribution in [-0.4, -0.2) is 16.6 Å². The number of nitrogens with one attached hydrogen (secondary N) is 1. The lowest BCUT2D eigenvalue weighted by Gasteiger charge is -2.06. The summed E-state index contributed by atoms with van der Waals surface area (Å²) in [5.74, 6) is 1.74. The van der Waals surface area contributed by atoms with Crippen LogP contribution in [0.1, 0.15) is 22.5 Å². The van der Waals surface area contributed by atoms with Crippen LogP contribution in [0.5, 0.6) is 5.75 Å². The smallest absolute Gasteiger partial charge is 0.258 e. The van der Waals surface area contributed by atoms with E-state index in [1.165, 1.54) is 11.1 Å². The summed E-state index contributed by atoms with van der Waals surface area (Å²) in [5, 5.41) is 0.656. The van der Waals surface area contributed by atoms with Crippen LogP contribution >= 0.6 is 0 Å². The maximum absolute atomic E-state index is 12.2. The van der Waals surface area contributed by atoms with Gasteiger partial charge in [0.1, 0.15) is 11.6 Å². The van der Waals surface area contributed by atoms with E-state index in [0.717, 1.165) is 48.5 Å². The fraction of sp³-hybridized carbons (Fsp3) is 0.263. The SMILES string of the molecule is Cc1ccc2nc(CCc3ccc4c(c3)CCO4)[nH]c(=O)c2c1. The van der Waals surface area contributed by atoms with E-state index in [-0.39, 0.29) is 5.56 Å². The molecule has 23 heavy (non-hydrogen) atoms. The quantitative estimate of drug-likeness (QED) is 0.809. The van der Waals surface area contributed by atoms with E-state index < -0.39 is 0 Å². The molecule has 2 aromatic carbocycles. The first-order chi connectivity index (χ1) is 11.2. The summed E-state index contributed by atoms with van der Waals surface area (Å²) in [7, 11) is 0. The van der Waals surface area contributed by atoms with Crippen molar-refractivity contribution in [1.82, 2.24) is 9.97 Å². The van der Waals surface area contributed by atoms with Crippen LogP contribution in [0.25, 0.3) is 10.9 Å². The number of rotatable bonds is 3. The zero-order valence-electron chi connectivity index (χ0n) is 13.1. The number of nitrogens with zero attached hydrogens (tertiary/aromatic N) is 1. The minimum absolute atomic E-state index is 0.0592. The maximum atomic E-state index is 12.2. The molecule has 0 amide bonds. The van der Waals surface area contributed by atoms with Crippen LogP contribution in [0, 0.1) is 6.92 Å². The van der Waals surface area contributed by atoms with E-state index in [2.05, 4.69) is 22.1 Å². The number of aromatic amines is 1. The van der Waals surface area contributed by atoms with E-state index in [1.54, 1.807) is 0 Å². The first-order valence-corrected chi connectivity index (χ1v) is 7.93. The first-order valence-electron chi connectivity index (χ1n) is 7.93. The summed E-state index contributed by atoms with van der Waals surface area (Å²) in [4.78, 5) is 19.7. The summed E-state index contributed by atoms with van der Waals surface area (Å²) in [5.41, 5.74) is 4.30. The van der Waals surface area contributed by atoms with Crippen molar-refractivity contribution in [2.24, 2.45) is 0 Å². The second kappa shape index (κ2) is 5.54. The molecule has 1 aliphatic heterocycles. The third-order valence-electron chi connectivity index (χ3n) is 4.31. The standard InChI is InChI=1S/C19H18N2O2/c1-12-2-5-16-15(10-12)19(22)21-18(20-16)7-4-13-3-6-17-14(11-13)8-9-23-17/h2-3,5-6,10-11H,4,7-9H2,1H3,(H,20,21,22). The molecule has 2 heterocycles. The van der Waals surface area contributed by atoms with Crippen LogP contribution in [-0.2, 0) is 19.3 Å². The lowest BCUT2D eigenvalue weighted by atomic mass is 10.0. The first kappa shape index (κ1) is 14.0. The van der Waals surface area contributed by atoms with E-state index >= 15 is 0 Å². The molecular formula is C19H18N2O2. The molecule has 0 radical (unpaired) electrons. The minimum Gasteiger partial charge on any atom is -0.493 e. The number of ether oxygens (including phenoxy) is 1. The molecule has 1 aliphatic rings. The monoisotopic (exact) mass is 306 g/mol. The van der Waals surface area contributed by atoms with Gasteiger partial charge in [-0.05, 0) is 42.7 Å². The highest BCUT2D eigenvalue weighted by atomic mass is 16.5. The molecule has 0 saturated heterocycles. The Hall–Kier alpha value is -2.62. The molecule has 1 N–H and O–H groups in total. The summed E-state index contributed by atoms with van der Waals surface area (Å²) < 4.78 is 5.53. The predicted molar refractivity (Wildman–Crippen MR) is 90.1 cm³/mol. The van der Waals surface area contributed by atoms with Gasteiger partial charge in [0.2, 0.25) is 0 Å². The number of benzene rings is 2. The van der Waals surface area contributed by atoms with Gasteiger partial charge >= 0.3 is 0 Å². The Kier molecular flexibility index (Phi) is 3.37. The largest absolute Gasteiger partial charge is 0.493 e. The molecule has 4 nitrogen and oxygen atoms in total. The molecule has 0 bridgehead atoms. The van der Waals surface area contributed by atoms with Gasteiger partial charge in [-0.2, -0.15) is 0 Å². The Morgan fingerprint density at radius 3 is 3.00 bits per heavy atom. The third-order valence-corrected chi connectivity index (χ3v) is 4.31. The molecule has 4 heteroatoms. The Balaban J connectivity index is 1.58. The minimum atomic E-state index is -0.0592. The van der Waals surface area contributed by atoms with E-state index in [4.69, 9.17) is 4.74 Å². The van der Waals surface area contributed by atoms with Crippen molar-refractivity contribution < 1.29 is 4.74 Å². The van der Waals surface area contributed by atoms with Gasteiger partial charge in [-0.1, -0.05) is 23.8 Å². The Labute approximate surface area is 134 Å². The number of hydrogen-bond acceptors (Lipinski definition) is 3. The topological polar surface area (TPSA) is 55.0 Å². The van der Waals surface area contributed by atoms with Crippen molar-refractivity contribution in [2.75, 3.05) is 6.61 Å². The molecule has 0 spiro atoms. The summed E-state index contributed by atoms with van der Waals surface area (Å²) in [6.07, 6.45) is 2.56. The summed E-state index contributed by atoms with van der Waals surface area (Å²) in [6, 6.07) is 12.1. The number of H-pyrrole nitrogens is 1. The third kappa shape index (κ3) is 2.72. The van der Waals surface area contributed by atoms with Crippen LogP contribution in [0.3, 0.4) is 0 Å². The Bertz CT molecular complexity index is 944. The zero-order valence-corrected chi connectivity index (χ0v) is 13.1. The van der Waals surface area contributed by atoms with Crippen molar-refractivity contribution in [3.05, 3.63) is 69.3 Å². The Morgan fingerprint density at radius 2 is 2.09 bits per heavy atom. The molecule has 0 fully saturated rings. The van der Waals surface area contributed by atoms with Gasteiger partial charge in [0, 0.05) is 12.8 Å².